The van der Waals surface area contributed by atoms with Crippen LogP contribution >= 0.6 is 0 Å². The highest BCUT2D eigenvalue weighted by molar-refractivity contribution is 6.24. The number of imide groups is 1. The van der Waals surface area contributed by atoms with Crippen molar-refractivity contribution in [3.8, 4) is 0 Å². The van der Waals surface area contributed by atoms with E-state index in [0.717, 1.165) is 24.1 Å². The van der Waals surface area contributed by atoms with Crippen molar-refractivity contribution in [2.24, 2.45) is 23.7 Å². The van der Waals surface area contributed by atoms with Crippen LogP contribution in [0.1, 0.15) is 61.9 Å². The summed E-state index contributed by atoms with van der Waals surface area (Å²) in [5.41, 5.74) is 4.09. The molecular weight excluding hydrogens is 348 g/mol. The number of amides is 2. The summed E-state index contributed by atoms with van der Waals surface area (Å²) in [7, 11) is 0. The highest BCUT2D eigenvalue weighted by atomic mass is 16.2. The standard InChI is InChI=1S/C24H28N2O2/c1-13(2)15-9-10-17-18(12-15)20-21(19-11-14(3)25-22(17)19)24(28)26(23(20)27)16-7-5-4-6-8-16/h4-8,11,13,15,17-18,20-21,25H,9-10,12H2,1-3H3/t15?,17-,18+,20+,21-/m1/s1. The van der Waals surface area contributed by atoms with E-state index in [1.165, 1.54) is 17.0 Å². The van der Waals surface area contributed by atoms with Gasteiger partial charge in [-0.3, -0.25) is 9.59 Å². The van der Waals surface area contributed by atoms with Crippen LogP contribution in [0.25, 0.3) is 0 Å². The van der Waals surface area contributed by atoms with Crippen molar-refractivity contribution >= 4 is 17.5 Å². The Morgan fingerprint density at radius 2 is 1.82 bits per heavy atom. The van der Waals surface area contributed by atoms with Crippen LogP contribution in [0.4, 0.5) is 5.69 Å². The number of aryl methyl sites for hydroxylation is 1. The fraction of sp³-hybridized carbons (Fsp3) is 0.500. The first-order valence-corrected chi connectivity index (χ1v) is 10.6. The van der Waals surface area contributed by atoms with E-state index in [9.17, 15) is 9.59 Å². The molecule has 1 N–H and O–H groups in total. The molecule has 2 fully saturated rings. The normalized spacial score (nSPS) is 31.7. The highest BCUT2D eigenvalue weighted by Gasteiger charge is 2.58. The van der Waals surface area contributed by atoms with Crippen LogP contribution in [0.2, 0.25) is 0 Å². The van der Waals surface area contributed by atoms with Crippen molar-refractivity contribution in [2.45, 2.75) is 51.9 Å². The van der Waals surface area contributed by atoms with Crippen LogP contribution < -0.4 is 4.90 Å². The lowest BCUT2D eigenvalue weighted by Crippen LogP contribution is -2.40. The molecule has 0 bridgehead atoms. The van der Waals surface area contributed by atoms with Crippen molar-refractivity contribution in [2.75, 3.05) is 4.90 Å². The number of hydrogen-bond donors (Lipinski definition) is 1. The van der Waals surface area contributed by atoms with Crippen LogP contribution in [-0.4, -0.2) is 16.8 Å². The lowest BCUT2D eigenvalue weighted by Gasteiger charge is -2.44. The van der Waals surface area contributed by atoms with Crippen molar-refractivity contribution in [3.63, 3.8) is 0 Å². The van der Waals surface area contributed by atoms with Gasteiger partial charge in [-0.05, 0) is 67.7 Å². The zero-order valence-electron chi connectivity index (χ0n) is 16.8. The van der Waals surface area contributed by atoms with Crippen molar-refractivity contribution < 1.29 is 9.59 Å². The van der Waals surface area contributed by atoms with E-state index in [1.54, 1.807) is 0 Å². The molecule has 2 heterocycles. The molecular formula is C24H28N2O2. The predicted octanol–water partition coefficient (Wildman–Crippen LogP) is 4.77. The maximum atomic E-state index is 13.6. The Balaban J connectivity index is 1.62. The van der Waals surface area contributed by atoms with Gasteiger partial charge in [0.25, 0.3) is 0 Å². The third-order valence-corrected chi connectivity index (χ3v) is 7.43. The quantitative estimate of drug-likeness (QED) is 0.768. The Morgan fingerprint density at radius 3 is 2.54 bits per heavy atom. The van der Waals surface area contributed by atoms with Gasteiger partial charge in [-0.2, -0.15) is 0 Å². The summed E-state index contributed by atoms with van der Waals surface area (Å²) in [4.78, 5) is 32.1. The van der Waals surface area contributed by atoms with E-state index >= 15 is 0 Å². The fourth-order valence-corrected chi connectivity index (χ4v) is 6.08. The largest absolute Gasteiger partial charge is 0.362 e. The predicted molar refractivity (Wildman–Crippen MR) is 109 cm³/mol. The van der Waals surface area contributed by atoms with E-state index in [-0.39, 0.29) is 29.6 Å². The second kappa shape index (κ2) is 6.33. The van der Waals surface area contributed by atoms with Crippen LogP contribution in [0.5, 0.6) is 0 Å². The summed E-state index contributed by atoms with van der Waals surface area (Å²) in [5.74, 6) is 1.27. The minimum atomic E-state index is -0.334. The number of para-hydroxylation sites is 1. The van der Waals surface area contributed by atoms with E-state index < -0.39 is 0 Å². The number of nitrogens with zero attached hydrogens (tertiary/aromatic N) is 1. The smallest absolute Gasteiger partial charge is 0.242 e. The van der Waals surface area contributed by atoms with Gasteiger partial charge in [0.1, 0.15) is 0 Å². The molecule has 4 heteroatoms. The molecule has 146 valence electrons. The molecule has 4 nitrogen and oxygen atoms in total. The van der Waals surface area contributed by atoms with Crippen LogP contribution in [0.15, 0.2) is 36.4 Å². The summed E-state index contributed by atoms with van der Waals surface area (Å²) < 4.78 is 0. The van der Waals surface area contributed by atoms with Gasteiger partial charge < -0.3 is 4.98 Å². The van der Waals surface area contributed by atoms with Gasteiger partial charge in [-0.25, -0.2) is 4.90 Å². The minimum absolute atomic E-state index is 0.00473. The number of rotatable bonds is 2. The average molecular weight is 377 g/mol. The van der Waals surface area contributed by atoms with Gasteiger partial charge in [-0.15, -0.1) is 0 Å². The lowest BCUT2D eigenvalue weighted by molar-refractivity contribution is -0.123. The minimum Gasteiger partial charge on any atom is -0.362 e. The molecule has 2 aliphatic carbocycles. The number of hydrogen-bond acceptors (Lipinski definition) is 2. The molecule has 2 aromatic rings. The van der Waals surface area contributed by atoms with Gasteiger partial charge >= 0.3 is 0 Å². The molecule has 0 radical (unpaired) electrons. The molecule has 5 atom stereocenters. The number of aromatic nitrogens is 1. The monoisotopic (exact) mass is 376 g/mol. The average Bonchev–Trinajstić information content (AvgIpc) is 3.19. The molecule has 1 saturated carbocycles. The molecule has 1 unspecified atom stereocenters. The second-order valence-electron chi connectivity index (χ2n) is 9.26. The second-order valence-corrected chi connectivity index (χ2v) is 9.26. The maximum absolute atomic E-state index is 13.6. The third kappa shape index (κ3) is 2.43. The molecule has 0 spiro atoms. The van der Waals surface area contributed by atoms with Gasteiger partial charge in [0.2, 0.25) is 11.8 Å². The van der Waals surface area contributed by atoms with Crippen LogP contribution in [0.3, 0.4) is 0 Å². The Morgan fingerprint density at radius 1 is 1.07 bits per heavy atom. The number of carbonyl (C=O) groups excluding carboxylic acids is 2. The topological polar surface area (TPSA) is 53.2 Å². The molecule has 2 amide bonds. The first-order valence-electron chi connectivity index (χ1n) is 10.6. The number of benzene rings is 1. The van der Waals surface area contributed by atoms with Crippen molar-refractivity contribution in [1.82, 2.24) is 4.98 Å². The summed E-state index contributed by atoms with van der Waals surface area (Å²) >= 11 is 0. The zero-order valence-corrected chi connectivity index (χ0v) is 16.8. The lowest BCUT2D eigenvalue weighted by atomic mass is 9.58. The SMILES string of the molecule is Cc1cc2c([nH]1)[C@@H]1CCC(C(C)C)C[C@@H]1[C@@H]1C(=O)N(c3ccccc3)C(=O)[C@H]21. The summed E-state index contributed by atoms with van der Waals surface area (Å²) in [6.07, 6.45) is 3.36. The molecule has 1 aromatic carbocycles. The third-order valence-electron chi connectivity index (χ3n) is 7.43. The van der Waals surface area contributed by atoms with E-state index in [0.29, 0.717) is 23.4 Å². The number of fused-ring (bicyclic) bond motifs is 6. The van der Waals surface area contributed by atoms with Crippen molar-refractivity contribution in [1.29, 1.82) is 0 Å². The fourth-order valence-electron chi connectivity index (χ4n) is 6.08. The Bertz CT molecular complexity index is 929. The first-order chi connectivity index (χ1) is 13.5. The molecule has 3 aliphatic rings. The highest BCUT2D eigenvalue weighted by Crippen LogP contribution is 2.57. The van der Waals surface area contributed by atoms with E-state index in [1.807, 2.05) is 30.3 Å². The number of anilines is 1. The summed E-state index contributed by atoms with van der Waals surface area (Å²) in [6.45, 7) is 6.62. The van der Waals surface area contributed by atoms with Gasteiger partial charge in [0.15, 0.2) is 0 Å². The molecule has 1 saturated heterocycles. The Labute approximate surface area is 166 Å². The van der Waals surface area contributed by atoms with Crippen LogP contribution in [0, 0.1) is 30.6 Å². The number of carbonyl (C=O) groups is 2. The Hall–Kier alpha value is -2.36. The number of aromatic amines is 1. The molecule has 5 rings (SSSR count). The number of nitrogens with one attached hydrogen (secondary N) is 1. The Kier molecular flexibility index (Phi) is 4.01. The zero-order chi connectivity index (χ0) is 19.6. The van der Waals surface area contributed by atoms with Gasteiger partial charge in [0, 0.05) is 17.3 Å². The van der Waals surface area contributed by atoms with E-state index in [4.69, 9.17) is 0 Å². The summed E-state index contributed by atoms with van der Waals surface area (Å²) in [6, 6.07) is 11.5. The number of H-pyrrole nitrogens is 1. The van der Waals surface area contributed by atoms with Gasteiger partial charge in [0.05, 0.1) is 17.5 Å². The van der Waals surface area contributed by atoms with E-state index in [2.05, 4.69) is 31.8 Å². The van der Waals surface area contributed by atoms with Crippen molar-refractivity contribution in [3.05, 3.63) is 53.3 Å². The molecule has 28 heavy (non-hydrogen) atoms. The molecule has 1 aliphatic heterocycles. The van der Waals surface area contributed by atoms with Crippen LogP contribution in [-0.2, 0) is 9.59 Å². The molecule has 1 aromatic heterocycles. The first kappa shape index (κ1) is 17.7. The maximum Gasteiger partial charge on any atom is 0.242 e. The summed E-state index contributed by atoms with van der Waals surface area (Å²) in [5, 5.41) is 0. The van der Waals surface area contributed by atoms with Gasteiger partial charge in [-0.1, -0.05) is 32.0 Å².